The van der Waals surface area contributed by atoms with E-state index in [0.29, 0.717) is 6.42 Å². The van der Waals surface area contributed by atoms with Crippen molar-refractivity contribution in [3.63, 3.8) is 0 Å². The largest absolute Gasteiger partial charge is 0.479 e. The van der Waals surface area contributed by atoms with Crippen LogP contribution >= 0.6 is 0 Å². The Kier molecular flexibility index (Phi) is 10.1. The van der Waals surface area contributed by atoms with Gasteiger partial charge in [0.15, 0.2) is 0 Å². The molecule has 0 aliphatic rings. The molecule has 0 saturated heterocycles. The number of carbonyl (C=O) groups is 2. The number of carboxylic acid groups (broad SMARTS) is 1. The summed E-state index contributed by atoms with van der Waals surface area (Å²) in [7, 11) is 0. The first kappa shape index (κ1) is 18.9. The third-order valence-corrected chi connectivity index (χ3v) is 3.40. The predicted octanol–water partition coefficient (Wildman–Crippen LogP) is 2.86. The van der Waals surface area contributed by atoms with E-state index in [1.54, 1.807) is 0 Å². The first-order chi connectivity index (χ1) is 9.49. The van der Waals surface area contributed by atoms with E-state index in [-0.39, 0.29) is 13.0 Å². The molecule has 0 saturated carbocycles. The number of carbonyl (C=O) groups excluding carboxylic acids is 1. The number of aliphatic carboxylic acids is 1. The molecule has 1 atom stereocenters. The Balaban J connectivity index is 4.17. The number of ether oxygens (including phenoxy) is 1. The Bertz CT molecular complexity index is 294. The van der Waals surface area contributed by atoms with Crippen LogP contribution in [0.15, 0.2) is 0 Å². The van der Waals surface area contributed by atoms with Crippen LogP contribution in [0.2, 0.25) is 0 Å². The van der Waals surface area contributed by atoms with Crippen LogP contribution in [0, 0.1) is 0 Å². The average Bonchev–Trinajstić information content (AvgIpc) is 2.42. The second-order valence-corrected chi connectivity index (χ2v) is 5.28. The topological polar surface area (TPSA) is 89.6 Å². The zero-order chi connectivity index (χ0) is 15.4. The lowest BCUT2D eigenvalue weighted by Gasteiger charge is -2.22. The lowest BCUT2D eigenvalue weighted by molar-refractivity contribution is -0.161. The van der Waals surface area contributed by atoms with Gasteiger partial charge in [-0.05, 0) is 12.8 Å². The van der Waals surface area contributed by atoms with E-state index in [1.165, 1.54) is 12.8 Å². The standard InChI is InChI=1S/C15H29NO4/c1-3-5-7-8-9-10-11-15(16,13(17)18)14(19)20-12-6-4-2/h3-12,16H2,1-2H3,(H,17,18). The van der Waals surface area contributed by atoms with E-state index < -0.39 is 17.5 Å². The third kappa shape index (κ3) is 6.89. The van der Waals surface area contributed by atoms with Gasteiger partial charge in [0.05, 0.1) is 6.61 Å². The quantitative estimate of drug-likeness (QED) is 0.327. The molecule has 20 heavy (non-hydrogen) atoms. The Morgan fingerprint density at radius 1 is 1.00 bits per heavy atom. The van der Waals surface area contributed by atoms with Crippen LogP contribution in [0.3, 0.4) is 0 Å². The van der Waals surface area contributed by atoms with Crippen molar-refractivity contribution in [1.29, 1.82) is 0 Å². The molecule has 118 valence electrons. The Hall–Kier alpha value is -1.10. The zero-order valence-electron chi connectivity index (χ0n) is 12.8. The molecule has 0 aliphatic heterocycles. The van der Waals surface area contributed by atoms with Gasteiger partial charge in [-0.15, -0.1) is 0 Å². The number of hydrogen-bond donors (Lipinski definition) is 2. The van der Waals surface area contributed by atoms with Crippen molar-refractivity contribution >= 4 is 11.9 Å². The number of unbranched alkanes of at least 4 members (excludes halogenated alkanes) is 6. The Morgan fingerprint density at radius 2 is 1.55 bits per heavy atom. The smallest absolute Gasteiger partial charge is 0.337 e. The van der Waals surface area contributed by atoms with Crippen LogP contribution in [0.25, 0.3) is 0 Å². The monoisotopic (exact) mass is 287 g/mol. The van der Waals surface area contributed by atoms with Gasteiger partial charge >= 0.3 is 11.9 Å². The highest BCUT2D eigenvalue weighted by molar-refractivity contribution is 6.03. The van der Waals surface area contributed by atoms with Gasteiger partial charge in [-0.3, -0.25) is 0 Å². The van der Waals surface area contributed by atoms with Crippen LogP contribution in [-0.4, -0.2) is 29.2 Å². The molecule has 0 aliphatic carbocycles. The van der Waals surface area contributed by atoms with Crippen molar-refractivity contribution in [3.8, 4) is 0 Å². The molecule has 5 heteroatoms. The maximum atomic E-state index is 11.8. The van der Waals surface area contributed by atoms with E-state index in [9.17, 15) is 14.7 Å². The fourth-order valence-corrected chi connectivity index (χ4v) is 1.92. The third-order valence-electron chi connectivity index (χ3n) is 3.40. The summed E-state index contributed by atoms with van der Waals surface area (Å²) in [6.45, 7) is 4.34. The minimum absolute atomic E-state index is 0.138. The Morgan fingerprint density at radius 3 is 2.10 bits per heavy atom. The predicted molar refractivity (Wildman–Crippen MR) is 78.4 cm³/mol. The molecule has 0 spiro atoms. The van der Waals surface area contributed by atoms with Crippen LogP contribution in [-0.2, 0) is 14.3 Å². The average molecular weight is 287 g/mol. The van der Waals surface area contributed by atoms with E-state index in [4.69, 9.17) is 10.5 Å². The number of hydrogen-bond acceptors (Lipinski definition) is 4. The molecule has 0 rings (SSSR count). The van der Waals surface area contributed by atoms with Crippen LogP contribution in [0.5, 0.6) is 0 Å². The van der Waals surface area contributed by atoms with Gasteiger partial charge in [-0.25, -0.2) is 9.59 Å². The van der Waals surface area contributed by atoms with Crippen molar-refractivity contribution in [2.45, 2.75) is 77.2 Å². The van der Waals surface area contributed by atoms with Crippen molar-refractivity contribution in [1.82, 2.24) is 0 Å². The highest BCUT2D eigenvalue weighted by Crippen LogP contribution is 2.17. The molecular formula is C15H29NO4. The van der Waals surface area contributed by atoms with Crippen LogP contribution in [0.4, 0.5) is 0 Å². The number of rotatable bonds is 12. The molecule has 0 heterocycles. The molecule has 3 N–H and O–H groups in total. The van der Waals surface area contributed by atoms with E-state index in [2.05, 4.69) is 6.92 Å². The number of carboxylic acids is 1. The minimum atomic E-state index is -1.89. The Labute approximate surface area is 121 Å². The van der Waals surface area contributed by atoms with Gasteiger partial charge in [0, 0.05) is 0 Å². The first-order valence-electron chi connectivity index (χ1n) is 7.68. The second-order valence-electron chi connectivity index (χ2n) is 5.28. The first-order valence-corrected chi connectivity index (χ1v) is 7.68. The van der Waals surface area contributed by atoms with Crippen molar-refractivity contribution < 1.29 is 19.4 Å². The van der Waals surface area contributed by atoms with Crippen molar-refractivity contribution in [3.05, 3.63) is 0 Å². The molecule has 0 fully saturated rings. The van der Waals surface area contributed by atoms with E-state index in [0.717, 1.165) is 32.1 Å². The fourth-order valence-electron chi connectivity index (χ4n) is 1.92. The van der Waals surface area contributed by atoms with E-state index >= 15 is 0 Å². The molecule has 0 aromatic heterocycles. The van der Waals surface area contributed by atoms with Crippen molar-refractivity contribution in [2.24, 2.45) is 5.73 Å². The highest BCUT2D eigenvalue weighted by atomic mass is 16.5. The number of nitrogens with two attached hydrogens (primary N) is 1. The molecule has 0 radical (unpaired) electrons. The molecule has 5 nitrogen and oxygen atoms in total. The highest BCUT2D eigenvalue weighted by Gasteiger charge is 2.43. The molecule has 0 aromatic rings. The zero-order valence-corrected chi connectivity index (χ0v) is 12.8. The van der Waals surface area contributed by atoms with Gasteiger partial charge in [-0.2, -0.15) is 0 Å². The van der Waals surface area contributed by atoms with Crippen LogP contribution in [0.1, 0.15) is 71.6 Å². The van der Waals surface area contributed by atoms with Crippen molar-refractivity contribution in [2.75, 3.05) is 6.61 Å². The van der Waals surface area contributed by atoms with Gasteiger partial charge in [-0.1, -0.05) is 58.8 Å². The summed E-state index contributed by atoms with van der Waals surface area (Å²) in [5.74, 6) is -2.11. The molecule has 1 unspecified atom stereocenters. The summed E-state index contributed by atoms with van der Waals surface area (Å²) in [6.07, 6.45) is 7.82. The van der Waals surface area contributed by atoms with E-state index in [1.807, 2.05) is 6.92 Å². The number of esters is 1. The summed E-state index contributed by atoms with van der Waals surface area (Å²) >= 11 is 0. The minimum Gasteiger partial charge on any atom is -0.479 e. The summed E-state index contributed by atoms with van der Waals surface area (Å²) in [6, 6.07) is 0. The van der Waals surface area contributed by atoms with Gasteiger partial charge in [0.25, 0.3) is 0 Å². The molecular weight excluding hydrogens is 258 g/mol. The summed E-state index contributed by atoms with van der Waals surface area (Å²) in [5, 5.41) is 9.17. The normalized spacial score (nSPS) is 13.8. The van der Waals surface area contributed by atoms with Gasteiger partial charge in [0.2, 0.25) is 5.54 Å². The summed E-state index contributed by atoms with van der Waals surface area (Å²) < 4.78 is 4.96. The lowest BCUT2D eigenvalue weighted by Crippen LogP contribution is -2.55. The molecule has 0 amide bonds. The summed E-state index contributed by atoms with van der Waals surface area (Å²) in [5.41, 5.74) is 3.84. The fraction of sp³-hybridized carbons (Fsp3) is 0.867. The van der Waals surface area contributed by atoms with Gasteiger partial charge < -0.3 is 15.6 Å². The SMILES string of the molecule is CCCCCCCCC(N)(C(=O)O)C(=O)OCCCC. The second kappa shape index (κ2) is 10.7. The maximum Gasteiger partial charge on any atom is 0.337 e. The van der Waals surface area contributed by atoms with Crippen LogP contribution < -0.4 is 5.73 Å². The lowest BCUT2D eigenvalue weighted by atomic mass is 9.93. The maximum absolute atomic E-state index is 11.8. The van der Waals surface area contributed by atoms with Gasteiger partial charge in [0.1, 0.15) is 0 Å². The molecule has 0 aromatic carbocycles. The molecule has 0 bridgehead atoms. The summed E-state index contributed by atoms with van der Waals surface area (Å²) in [4.78, 5) is 23.1.